The standard InChI is InChI=1S/C22H30N4O5S/c1-23(15-8-5-4-6-9-15)20(27)18-10-7-13-26(18)32(30,31)16-11-12-17-19(14-16)25(3)22(29)21(28)24(17)2/h11-12,14-15,18H,4-10,13H2,1-3H3. The number of aromatic nitrogens is 2. The van der Waals surface area contributed by atoms with Gasteiger partial charge in [0.05, 0.1) is 15.9 Å². The Labute approximate surface area is 187 Å². The van der Waals surface area contributed by atoms with Gasteiger partial charge in [-0.2, -0.15) is 4.31 Å². The molecule has 174 valence electrons. The van der Waals surface area contributed by atoms with Gasteiger partial charge in [-0.3, -0.25) is 14.4 Å². The maximum Gasteiger partial charge on any atom is 0.316 e. The quantitative estimate of drug-likeness (QED) is 0.635. The Morgan fingerprint density at radius 2 is 1.56 bits per heavy atom. The minimum Gasteiger partial charge on any atom is -0.341 e. The molecule has 1 aromatic carbocycles. The summed E-state index contributed by atoms with van der Waals surface area (Å²) in [7, 11) is 0.758. The summed E-state index contributed by atoms with van der Waals surface area (Å²) in [5.41, 5.74) is -0.592. The molecule has 0 bridgehead atoms. The number of hydrogen-bond acceptors (Lipinski definition) is 5. The van der Waals surface area contributed by atoms with Crippen LogP contribution in [0, 0.1) is 0 Å². The molecule has 9 nitrogen and oxygen atoms in total. The summed E-state index contributed by atoms with van der Waals surface area (Å²) in [4.78, 5) is 39.3. The first-order chi connectivity index (χ1) is 15.1. The van der Waals surface area contributed by atoms with Crippen LogP contribution in [0.5, 0.6) is 0 Å². The summed E-state index contributed by atoms with van der Waals surface area (Å²) in [5.74, 6) is -0.145. The number of amides is 1. The number of fused-ring (bicyclic) bond motifs is 1. The number of carbonyl (C=O) groups excluding carboxylic acids is 1. The fourth-order valence-electron chi connectivity index (χ4n) is 5.02. The van der Waals surface area contributed by atoms with Crippen molar-refractivity contribution in [3.8, 4) is 0 Å². The van der Waals surface area contributed by atoms with Crippen molar-refractivity contribution in [2.45, 2.75) is 61.9 Å². The number of aryl methyl sites for hydroxylation is 2. The number of sulfonamides is 1. The molecule has 1 aliphatic heterocycles. The highest BCUT2D eigenvalue weighted by Crippen LogP contribution is 2.30. The van der Waals surface area contributed by atoms with Gasteiger partial charge in [0.25, 0.3) is 0 Å². The van der Waals surface area contributed by atoms with E-state index in [-0.39, 0.29) is 23.4 Å². The molecule has 1 saturated heterocycles. The van der Waals surface area contributed by atoms with Crippen LogP contribution in [0.1, 0.15) is 44.9 Å². The third-order valence-corrected chi connectivity index (χ3v) is 8.93. The van der Waals surface area contributed by atoms with E-state index in [4.69, 9.17) is 0 Å². The second-order valence-corrected chi connectivity index (χ2v) is 10.8. The molecule has 2 heterocycles. The number of likely N-dealkylation sites (N-methyl/N-ethyl adjacent to an activating group) is 1. The van der Waals surface area contributed by atoms with Gasteiger partial charge in [0.1, 0.15) is 6.04 Å². The van der Waals surface area contributed by atoms with Crippen LogP contribution in [0.4, 0.5) is 0 Å². The first-order valence-corrected chi connectivity index (χ1v) is 12.6. The third kappa shape index (κ3) is 3.69. The van der Waals surface area contributed by atoms with Crippen molar-refractivity contribution in [3.05, 3.63) is 38.9 Å². The summed E-state index contributed by atoms with van der Waals surface area (Å²) in [6, 6.07) is 3.83. The predicted molar refractivity (Wildman–Crippen MR) is 121 cm³/mol. The molecule has 0 radical (unpaired) electrons. The predicted octanol–water partition coefficient (Wildman–Crippen LogP) is 1.18. The van der Waals surface area contributed by atoms with Crippen LogP contribution in [0.15, 0.2) is 32.7 Å². The highest BCUT2D eigenvalue weighted by atomic mass is 32.2. The molecule has 1 atom stereocenters. The summed E-state index contributed by atoms with van der Waals surface area (Å²) in [6.45, 7) is 0.279. The average molecular weight is 463 g/mol. The molecular formula is C22H30N4O5S. The van der Waals surface area contributed by atoms with Crippen molar-refractivity contribution in [1.82, 2.24) is 18.3 Å². The van der Waals surface area contributed by atoms with Gasteiger partial charge in [0, 0.05) is 33.7 Å². The van der Waals surface area contributed by atoms with Crippen molar-refractivity contribution in [2.24, 2.45) is 14.1 Å². The lowest BCUT2D eigenvalue weighted by Gasteiger charge is -2.34. The van der Waals surface area contributed by atoms with E-state index < -0.39 is 27.2 Å². The van der Waals surface area contributed by atoms with Crippen LogP contribution >= 0.6 is 0 Å². The number of rotatable bonds is 4. The molecular weight excluding hydrogens is 432 g/mol. The zero-order valence-electron chi connectivity index (χ0n) is 18.8. The highest BCUT2D eigenvalue weighted by molar-refractivity contribution is 7.89. The molecule has 1 saturated carbocycles. The topological polar surface area (TPSA) is 102 Å². The molecule has 2 aliphatic rings. The zero-order chi connectivity index (χ0) is 23.2. The zero-order valence-corrected chi connectivity index (χ0v) is 19.6. The van der Waals surface area contributed by atoms with Crippen molar-refractivity contribution in [1.29, 1.82) is 0 Å². The minimum atomic E-state index is -3.96. The van der Waals surface area contributed by atoms with Crippen molar-refractivity contribution >= 4 is 27.0 Å². The normalized spacial score (nSPS) is 20.7. The Bertz CT molecular complexity index is 1270. The number of benzene rings is 1. The first kappa shape index (κ1) is 22.7. The second kappa shape index (κ2) is 8.47. The largest absolute Gasteiger partial charge is 0.341 e. The molecule has 0 spiro atoms. The van der Waals surface area contributed by atoms with Gasteiger partial charge >= 0.3 is 11.1 Å². The van der Waals surface area contributed by atoms with Gasteiger partial charge in [-0.05, 0) is 43.9 Å². The van der Waals surface area contributed by atoms with Crippen LogP contribution in [-0.4, -0.2) is 58.3 Å². The van der Waals surface area contributed by atoms with Crippen LogP contribution in [-0.2, 0) is 28.9 Å². The lowest BCUT2D eigenvalue weighted by molar-refractivity contribution is -0.136. The van der Waals surface area contributed by atoms with Gasteiger partial charge < -0.3 is 14.0 Å². The second-order valence-electron chi connectivity index (χ2n) is 8.89. The molecule has 1 aromatic heterocycles. The van der Waals surface area contributed by atoms with Gasteiger partial charge in [-0.15, -0.1) is 0 Å². The Hall–Kier alpha value is -2.46. The summed E-state index contributed by atoms with van der Waals surface area (Å²) in [6.07, 6.45) is 6.39. The molecule has 4 rings (SSSR count). The minimum absolute atomic E-state index is 0.0127. The molecule has 2 aromatic rings. The molecule has 1 aliphatic carbocycles. The van der Waals surface area contributed by atoms with E-state index in [9.17, 15) is 22.8 Å². The molecule has 1 unspecified atom stereocenters. The number of hydrogen-bond donors (Lipinski definition) is 0. The molecule has 10 heteroatoms. The number of nitrogens with zero attached hydrogens (tertiary/aromatic N) is 4. The van der Waals surface area contributed by atoms with E-state index in [1.54, 1.807) is 11.9 Å². The maximum atomic E-state index is 13.5. The molecule has 32 heavy (non-hydrogen) atoms. The first-order valence-electron chi connectivity index (χ1n) is 11.1. The molecule has 1 amide bonds. The van der Waals surface area contributed by atoms with Gasteiger partial charge in [0.2, 0.25) is 15.9 Å². The smallest absolute Gasteiger partial charge is 0.316 e. The van der Waals surface area contributed by atoms with E-state index in [0.717, 1.165) is 25.7 Å². The number of carbonyl (C=O) groups is 1. The van der Waals surface area contributed by atoms with E-state index in [0.29, 0.717) is 23.9 Å². The van der Waals surface area contributed by atoms with Crippen LogP contribution < -0.4 is 11.1 Å². The van der Waals surface area contributed by atoms with E-state index >= 15 is 0 Å². The fourth-order valence-corrected chi connectivity index (χ4v) is 6.69. The fraction of sp³-hybridized carbons (Fsp3) is 0.591. The summed E-state index contributed by atoms with van der Waals surface area (Å²) >= 11 is 0. The lowest BCUT2D eigenvalue weighted by atomic mass is 9.94. The van der Waals surface area contributed by atoms with Crippen LogP contribution in [0.25, 0.3) is 11.0 Å². The maximum absolute atomic E-state index is 13.5. The Morgan fingerprint density at radius 3 is 2.22 bits per heavy atom. The molecule has 0 N–H and O–H groups in total. The monoisotopic (exact) mass is 462 g/mol. The van der Waals surface area contributed by atoms with E-state index in [1.807, 2.05) is 0 Å². The van der Waals surface area contributed by atoms with Crippen molar-refractivity contribution in [3.63, 3.8) is 0 Å². The third-order valence-electron chi connectivity index (χ3n) is 7.03. The molecule has 2 fully saturated rings. The van der Waals surface area contributed by atoms with E-state index in [2.05, 4.69) is 0 Å². The summed E-state index contributed by atoms with van der Waals surface area (Å²) in [5, 5.41) is 0. The van der Waals surface area contributed by atoms with Crippen molar-refractivity contribution in [2.75, 3.05) is 13.6 Å². The Morgan fingerprint density at radius 1 is 0.938 bits per heavy atom. The highest BCUT2D eigenvalue weighted by Gasteiger charge is 2.41. The average Bonchev–Trinajstić information content (AvgIpc) is 3.31. The Kier molecular flexibility index (Phi) is 6.02. The van der Waals surface area contributed by atoms with Crippen LogP contribution in [0.3, 0.4) is 0 Å². The van der Waals surface area contributed by atoms with E-state index in [1.165, 1.54) is 52.2 Å². The summed E-state index contributed by atoms with van der Waals surface area (Å²) < 4.78 is 30.8. The SMILES string of the molecule is CN(C(=O)C1CCCN1S(=O)(=O)c1ccc2c(c1)n(C)c(=O)c(=O)n2C)C1CCCCC1. The van der Waals surface area contributed by atoms with Crippen LogP contribution in [0.2, 0.25) is 0 Å². The van der Waals surface area contributed by atoms with Gasteiger partial charge in [0.15, 0.2) is 0 Å². The van der Waals surface area contributed by atoms with Crippen molar-refractivity contribution < 1.29 is 13.2 Å². The Balaban J connectivity index is 1.69. The lowest BCUT2D eigenvalue weighted by Crippen LogP contribution is -2.49. The van der Waals surface area contributed by atoms with Gasteiger partial charge in [-0.1, -0.05) is 19.3 Å². The van der Waals surface area contributed by atoms with Gasteiger partial charge in [-0.25, -0.2) is 8.42 Å².